The highest BCUT2D eigenvalue weighted by Gasteiger charge is 2.41. The Kier molecular flexibility index (Phi) is 5.30. The molecule has 1 aliphatic heterocycles. The van der Waals surface area contributed by atoms with Crippen molar-refractivity contribution in [1.82, 2.24) is 5.32 Å². The predicted molar refractivity (Wildman–Crippen MR) is 95.4 cm³/mol. The van der Waals surface area contributed by atoms with Crippen molar-refractivity contribution >= 4 is 17.6 Å². The quantitative estimate of drug-likeness (QED) is 0.485. The van der Waals surface area contributed by atoms with Crippen LogP contribution in [0, 0.1) is 11.2 Å². The molecule has 1 aliphatic rings. The minimum Gasteiger partial charge on any atom is -0.419 e. The van der Waals surface area contributed by atoms with E-state index in [-0.39, 0.29) is 28.7 Å². The van der Waals surface area contributed by atoms with Gasteiger partial charge in [0, 0.05) is 25.6 Å². The third kappa shape index (κ3) is 4.74. The molecule has 0 radical (unpaired) electrons. The standard InChI is InChI=1S/C19H25FN2O4/c1-11(18(2,3)4)21-15(22-13-9-7-12(20)8-10-13)14-16(23)25-19(5,6)26-17(14)24/h7-11,21-22H,1-6H3. The van der Waals surface area contributed by atoms with E-state index < -0.39 is 17.7 Å². The molecular weight excluding hydrogens is 339 g/mol. The lowest BCUT2D eigenvalue weighted by Crippen LogP contribution is -2.46. The Labute approximate surface area is 152 Å². The molecule has 142 valence electrons. The van der Waals surface area contributed by atoms with Crippen LogP contribution in [0.3, 0.4) is 0 Å². The third-order valence-electron chi connectivity index (χ3n) is 4.11. The SMILES string of the molecule is CC(NC(Nc1ccc(F)cc1)=C1C(=O)OC(C)(C)OC1=O)C(C)(C)C. The van der Waals surface area contributed by atoms with Crippen molar-refractivity contribution in [2.24, 2.45) is 5.41 Å². The number of carbonyl (C=O) groups is 2. The summed E-state index contributed by atoms with van der Waals surface area (Å²) in [6, 6.07) is 5.45. The number of benzene rings is 1. The Morgan fingerprint density at radius 1 is 1.08 bits per heavy atom. The summed E-state index contributed by atoms with van der Waals surface area (Å²) in [5.41, 5.74) is 0.0931. The summed E-state index contributed by atoms with van der Waals surface area (Å²) in [5.74, 6) is -3.13. The average Bonchev–Trinajstić information content (AvgIpc) is 2.46. The van der Waals surface area contributed by atoms with E-state index in [1.807, 2.05) is 27.7 Å². The lowest BCUT2D eigenvalue weighted by atomic mass is 9.88. The van der Waals surface area contributed by atoms with E-state index in [0.29, 0.717) is 5.69 Å². The predicted octanol–water partition coefficient (Wildman–Crippen LogP) is 3.31. The molecule has 0 aliphatic carbocycles. The van der Waals surface area contributed by atoms with Crippen molar-refractivity contribution < 1.29 is 23.5 Å². The fourth-order valence-corrected chi connectivity index (χ4v) is 2.14. The van der Waals surface area contributed by atoms with Crippen molar-refractivity contribution in [3.05, 3.63) is 41.5 Å². The molecule has 2 rings (SSSR count). The molecule has 6 nitrogen and oxygen atoms in total. The van der Waals surface area contributed by atoms with Crippen LogP contribution in [0.2, 0.25) is 0 Å². The molecule has 0 bridgehead atoms. The Bertz CT molecular complexity index is 711. The normalized spacial score (nSPS) is 17.9. The van der Waals surface area contributed by atoms with Gasteiger partial charge < -0.3 is 20.1 Å². The molecule has 1 unspecified atom stereocenters. The van der Waals surface area contributed by atoms with Crippen molar-refractivity contribution in [2.75, 3.05) is 5.32 Å². The molecule has 0 amide bonds. The lowest BCUT2D eigenvalue weighted by molar-refractivity contribution is -0.222. The first kappa shape index (κ1) is 19.8. The maximum Gasteiger partial charge on any atom is 0.352 e. The summed E-state index contributed by atoms with van der Waals surface area (Å²) >= 11 is 0. The fraction of sp³-hybridized carbons (Fsp3) is 0.474. The number of cyclic esters (lactones) is 2. The van der Waals surface area contributed by atoms with Gasteiger partial charge in [-0.3, -0.25) is 0 Å². The first-order valence-electron chi connectivity index (χ1n) is 8.39. The second-order valence-electron chi connectivity index (χ2n) is 7.79. The number of hydrogen-bond acceptors (Lipinski definition) is 6. The monoisotopic (exact) mass is 364 g/mol. The zero-order valence-electron chi connectivity index (χ0n) is 15.9. The second-order valence-corrected chi connectivity index (χ2v) is 7.79. The zero-order chi connectivity index (χ0) is 19.7. The topological polar surface area (TPSA) is 76.7 Å². The molecule has 26 heavy (non-hydrogen) atoms. The van der Waals surface area contributed by atoms with Gasteiger partial charge in [0.05, 0.1) is 0 Å². The van der Waals surface area contributed by atoms with Crippen LogP contribution in [0.1, 0.15) is 41.5 Å². The van der Waals surface area contributed by atoms with Gasteiger partial charge in [-0.15, -0.1) is 0 Å². The summed E-state index contributed by atoms with van der Waals surface area (Å²) in [7, 11) is 0. The highest BCUT2D eigenvalue weighted by molar-refractivity contribution is 6.16. The van der Waals surface area contributed by atoms with Crippen LogP contribution in [0.25, 0.3) is 0 Å². The lowest BCUT2D eigenvalue weighted by Gasteiger charge is -2.34. The number of esters is 2. The van der Waals surface area contributed by atoms with Gasteiger partial charge in [-0.1, -0.05) is 20.8 Å². The van der Waals surface area contributed by atoms with Crippen molar-refractivity contribution in [3.63, 3.8) is 0 Å². The fourth-order valence-electron chi connectivity index (χ4n) is 2.14. The van der Waals surface area contributed by atoms with E-state index in [1.54, 1.807) is 0 Å². The molecule has 1 atom stereocenters. The van der Waals surface area contributed by atoms with Crippen LogP contribution in [-0.2, 0) is 19.1 Å². The molecule has 7 heteroatoms. The van der Waals surface area contributed by atoms with E-state index in [2.05, 4.69) is 10.6 Å². The van der Waals surface area contributed by atoms with Gasteiger partial charge in [-0.25, -0.2) is 14.0 Å². The van der Waals surface area contributed by atoms with Gasteiger partial charge in [0.2, 0.25) is 0 Å². The van der Waals surface area contributed by atoms with Crippen molar-refractivity contribution in [1.29, 1.82) is 0 Å². The minimum absolute atomic E-state index is 0.103. The maximum absolute atomic E-state index is 13.2. The smallest absolute Gasteiger partial charge is 0.352 e. The first-order valence-corrected chi connectivity index (χ1v) is 8.39. The highest BCUT2D eigenvalue weighted by atomic mass is 19.1. The molecule has 1 fully saturated rings. The van der Waals surface area contributed by atoms with E-state index in [1.165, 1.54) is 38.1 Å². The van der Waals surface area contributed by atoms with Gasteiger partial charge in [-0.05, 0) is 36.6 Å². The first-order chi connectivity index (χ1) is 11.9. The molecule has 0 saturated carbocycles. The van der Waals surface area contributed by atoms with Gasteiger partial charge in [0.1, 0.15) is 11.6 Å². The Morgan fingerprint density at radius 3 is 2.04 bits per heavy atom. The van der Waals surface area contributed by atoms with E-state index >= 15 is 0 Å². The van der Waals surface area contributed by atoms with Gasteiger partial charge in [-0.2, -0.15) is 0 Å². The van der Waals surface area contributed by atoms with Gasteiger partial charge in [0.25, 0.3) is 5.79 Å². The Hall–Kier alpha value is -2.57. The summed E-state index contributed by atoms with van der Waals surface area (Å²) in [6.07, 6.45) is 0. The molecule has 1 aromatic carbocycles. The summed E-state index contributed by atoms with van der Waals surface area (Å²) in [4.78, 5) is 24.8. The molecule has 1 saturated heterocycles. The van der Waals surface area contributed by atoms with Crippen LogP contribution in [0.15, 0.2) is 35.7 Å². The largest absolute Gasteiger partial charge is 0.419 e. The van der Waals surface area contributed by atoms with Crippen LogP contribution < -0.4 is 10.6 Å². The highest BCUT2D eigenvalue weighted by Crippen LogP contribution is 2.26. The molecule has 2 N–H and O–H groups in total. The summed E-state index contributed by atoms with van der Waals surface area (Å²) in [6.45, 7) is 11.0. The number of halogens is 1. The number of nitrogens with one attached hydrogen (secondary N) is 2. The van der Waals surface area contributed by atoms with Gasteiger partial charge in [0.15, 0.2) is 5.57 Å². The van der Waals surface area contributed by atoms with E-state index in [9.17, 15) is 14.0 Å². The van der Waals surface area contributed by atoms with E-state index in [0.717, 1.165) is 0 Å². The molecule has 1 heterocycles. The summed E-state index contributed by atoms with van der Waals surface area (Å²) < 4.78 is 23.5. The average molecular weight is 364 g/mol. The van der Waals surface area contributed by atoms with E-state index in [4.69, 9.17) is 9.47 Å². The maximum atomic E-state index is 13.2. The molecular formula is C19H25FN2O4. The van der Waals surface area contributed by atoms with Crippen LogP contribution in [-0.4, -0.2) is 23.8 Å². The number of anilines is 1. The molecule has 0 aromatic heterocycles. The minimum atomic E-state index is -1.33. The molecule has 1 aromatic rings. The van der Waals surface area contributed by atoms with Crippen LogP contribution >= 0.6 is 0 Å². The molecule has 0 spiro atoms. The number of carbonyl (C=O) groups excluding carboxylic acids is 2. The van der Waals surface area contributed by atoms with Gasteiger partial charge >= 0.3 is 11.9 Å². The second kappa shape index (κ2) is 6.97. The van der Waals surface area contributed by atoms with Crippen LogP contribution in [0.4, 0.5) is 10.1 Å². The van der Waals surface area contributed by atoms with Crippen molar-refractivity contribution in [3.8, 4) is 0 Å². The Morgan fingerprint density at radius 2 is 1.58 bits per heavy atom. The number of rotatable bonds is 4. The number of ether oxygens (including phenoxy) is 2. The van der Waals surface area contributed by atoms with Crippen LogP contribution in [0.5, 0.6) is 0 Å². The summed E-state index contributed by atoms with van der Waals surface area (Å²) in [5, 5.41) is 6.12. The number of hydrogen-bond donors (Lipinski definition) is 2. The van der Waals surface area contributed by atoms with Crippen molar-refractivity contribution in [2.45, 2.75) is 53.4 Å². The third-order valence-corrected chi connectivity index (χ3v) is 4.11. The zero-order valence-corrected chi connectivity index (χ0v) is 15.9. The Balaban J connectivity index is 2.43.